The summed E-state index contributed by atoms with van der Waals surface area (Å²) >= 11 is 0. The lowest BCUT2D eigenvalue weighted by molar-refractivity contribution is -0.903. The van der Waals surface area contributed by atoms with Crippen LogP contribution in [0.15, 0.2) is 24.3 Å². The Bertz CT molecular complexity index is 1140. The Morgan fingerprint density at radius 2 is 1.25 bits per heavy atom. The van der Waals surface area contributed by atoms with Crippen molar-refractivity contribution in [3.63, 3.8) is 0 Å². The first-order chi connectivity index (χ1) is 18.7. The van der Waals surface area contributed by atoms with Crippen molar-refractivity contribution in [2.45, 2.75) is 90.5 Å². The molecule has 2 aromatic rings. The summed E-state index contributed by atoms with van der Waals surface area (Å²) in [7, 11) is 7.30. The molecule has 7 heteroatoms. The highest BCUT2D eigenvalue weighted by Crippen LogP contribution is 2.40. The fourth-order valence-corrected chi connectivity index (χ4v) is 5.70. The molecule has 0 heterocycles. The summed E-state index contributed by atoms with van der Waals surface area (Å²) in [5.74, 6) is -0.170. The quantitative estimate of drug-likeness (QED) is 0.179. The fraction of sp³-hybridized carbons (Fsp3) is 0.576. The number of quaternary nitrogens is 1. The Balaban J connectivity index is 0.00000560. The van der Waals surface area contributed by atoms with Gasteiger partial charge in [-0.2, -0.15) is 0 Å². The smallest absolute Gasteiger partial charge is 0.201 e. The molecule has 0 fully saturated rings. The van der Waals surface area contributed by atoms with Crippen molar-refractivity contribution in [1.29, 1.82) is 0 Å². The van der Waals surface area contributed by atoms with Gasteiger partial charge in [-0.1, -0.05) is 71.1 Å². The number of methoxy groups -OCH3 is 2. The minimum Gasteiger partial charge on any atom is -1.00 e. The van der Waals surface area contributed by atoms with Gasteiger partial charge in [-0.15, -0.1) is 0 Å². The third-order valence-corrected chi connectivity index (χ3v) is 7.88. The van der Waals surface area contributed by atoms with E-state index in [0.717, 1.165) is 23.0 Å². The monoisotopic (exact) mass is 617 g/mol. The molecule has 0 amide bonds. The summed E-state index contributed by atoms with van der Waals surface area (Å²) < 4.78 is 11.4. The van der Waals surface area contributed by atoms with Crippen molar-refractivity contribution in [3.05, 3.63) is 52.1 Å². The number of phenolic OH excluding ortho intramolecular Hbond substituents is 1. The SMILES string of the molecule is CCCCCCCCCCCCCC[N+](C)(C)Cc1cc(O)c2c(c1)C(=O)c1cc(OC)cc(OC)c1C2=O.[Br-]. The van der Waals surface area contributed by atoms with E-state index in [-0.39, 0.29) is 56.5 Å². The van der Waals surface area contributed by atoms with Crippen LogP contribution >= 0.6 is 0 Å². The predicted octanol–water partition coefficient (Wildman–Crippen LogP) is 4.47. The van der Waals surface area contributed by atoms with Crippen LogP contribution in [-0.4, -0.2) is 56.0 Å². The van der Waals surface area contributed by atoms with Gasteiger partial charge in [0, 0.05) is 22.8 Å². The molecule has 0 radical (unpaired) electrons. The number of hydrogen-bond acceptors (Lipinski definition) is 5. The zero-order valence-electron chi connectivity index (χ0n) is 25.1. The van der Waals surface area contributed by atoms with Gasteiger partial charge < -0.3 is 36.0 Å². The largest absolute Gasteiger partial charge is 1.00 e. The number of ether oxygens (including phenoxy) is 2. The van der Waals surface area contributed by atoms with Crippen molar-refractivity contribution < 1.29 is 45.6 Å². The molecule has 3 rings (SSSR count). The van der Waals surface area contributed by atoms with Crippen LogP contribution in [0.1, 0.15) is 121 Å². The number of phenols is 1. The molecule has 1 aliphatic carbocycles. The van der Waals surface area contributed by atoms with E-state index in [2.05, 4.69) is 21.0 Å². The molecule has 222 valence electrons. The molecule has 40 heavy (non-hydrogen) atoms. The molecule has 1 aliphatic rings. The number of fused-ring (bicyclic) bond motifs is 2. The number of ketones is 2. The number of hydrogen-bond donors (Lipinski definition) is 1. The highest BCUT2D eigenvalue weighted by Gasteiger charge is 2.36. The third kappa shape index (κ3) is 8.81. The molecule has 0 saturated heterocycles. The number of unbranched alkanes of at least 4 members (excludes halogenated alkanes) is 11. The van der Waals surface area contributed by atoms with Crippen molar-refractivity contribution >= 4 is 11.6 Å². The molecular weight excluding hydrogens is 570 g/mol. The van der Waals surface area contributed by atoms with Gasteiger partial charge in [0.25, 0.3) is 0 Å². The van der Waals surface area contributed by atoms with Crippen LogP contribution in [0.25, 0.3) is 0 Å². The highest BCUT2D eigenvalue weighted by atomic mass is 79.9. The second-order valence-electron chi connectivity index (χ2n) is 11.7. The minimum atomic E-state index is -0.409. The van der Waals surface area contributed by atoms with Gasteiger partial charge in [0.2, 0.25) is 5.78 Å². The van der Waals surface area contributed by atoms with Gasteiger partial charge in [-0.05, 0) is 31.0 Å². The van der Waals surface area contributed by atoms with Gasteiger partial charge in [0.05, 0.1) is 46.0 Å². The summed E-state index contributed by atoms with van der Waals surface area (Å²) in [4.78, 5) is 26.8. The van der Waals surface area contributed by atoms with E-state index in [1.165, 1.54) is 84.8 Å². The molecular formula is C33H48BrNO5. The van der Waals surface area contributed by atoms with Gasteiger partial charge in [0.1, 0.15) is 23.8 Å². The van der Waals surface area contributed by atoms with E-state index in [0.29, 0.717) is 12.3 Å². The fourth-order valence-electron chi connectivity index (χ4n) is 5.70. The van der Waals surface area contributed by atoms with Crippen LogP contribution < -0.4 is 26.5 Å². The number of carbonyl (C=O) groups excluding carboxylic acids is 2. The summed E-state index contributed by atoms with van der Waals surface area (Å²) in [6.07, 6.45) is 15.9. The first-order valence-corrected chi connectivity index (χ1v) is 14.8. The Morgan fingerprint density at radius 3 is 1.80 bits per heavy atom. The topological polar surface area (TPSA) is 72.8 Å². The van der Waals surface area contributed by atoms with Crippen LogP contribution in [0.5, 0.6) is 17.2 Å². The van der Waals surface area contributed by atoms with Crippen LogP contribution in [0.4, 0.5) is 0 Å². The zero-order chi connectivity index (χ0) is 28.4. The first-order valence-electron chi connectivity index (χ1n) is 14.8. The van der Waals surface area contributed by atoms with Gasteiger partial charge in [-0.25, -0.2) is 0 Å². The van der Waals surface area contributed by atoms with E-state index in [9.17, 15) is 14.7 Å². The Morgan fingerprint density at radius 1 is 0.700 bits per heavy atom. The first kappa shape index (κ1) is 33.8. The predicted molar refractivity (Wildman–Crippen MR) is 156 cm³/mol. The summed E-state index contributed by atoms with van der Waals surface area (Å²) in [6.45, 7) is 3.94. The zero-order valence-corrected chi connectivity index (χ0v) is 26.7. The van der Waals surface area contributed by atoms with Crippen LogP contribution in [0.3, 0.4) is 0 Å². The number of rotatable bonds is 17. The van der Waals surface area contributed by atoms with E-state index in [4.69, 9.17) is 9.47 Å². The molecule has 0 bridgehead atoms. The average Bonchev–Trinajstić information content (AvgIpc) is 2.90. The van der Waals surface area contributed by atoms with E-state index in [1.54, 1.807) is 24.3 Å². The van der Waals surface area contributed by atoms with Gasteiger partial charge in [0.15, 0.2) is 5.78 Å². The summed E-state index contributed by atoms with van der Waals surface area (Å²) in [5, 5.41) is 10.9. The van der Waals surface area contributed by atoms with Crippen molar-refractivity contribution in [3.8, 4) is 17.2 Å². The normalized spacial score (nSPS) is 12.5. The molecule has 0 aromatic heterocycles. The average molecular weight is 619 g/mol. The molecule has 0 saturated carbocycles. The molecule has 2 aromatic carbocycles. The maximum atomic E-state index is 13.5. The molecule has 0 atom stereocenters. The van der Waals surface area contributed by atoms with E-state index < -0.39 is 5.78 Å². The van der Waals surface area contributed by atoms with Crippen LogP contribution in [0.2, 0.25) is 0 Å². The Labute approximate surface area is 251 Å². The third-order valence-electron chi connectivity index (χ3n) is 7.88. The van der Waals surface area contributed by atoms with E-state index >= 15 is 0 Å². The maximum Gasteiger partial charge on any atom is 0.201 e. The maximum absolute atomic E-state index is 13.5. The van der Waals surface area contributed by atoms with Crippen molar-refractivity contribution in [1.82, 2.24) is 0 Å². The lowest BCUT2D eigenvalue weighted by Gasteiger charge is -2.30. The number of benzene rings is 2. The second-order valence-corrected chi connectivity index (χ2v) is 11.7. The number of nitrogens with zero attached hydrogens (tertiary/aromatic N) is 1. The number of halogens is 1. The number of aromatic hydroxyl groups is 1. The summed E-state index contributed by atoms with van der Waals surface area (Å²) in [5.41, 5.74) is 1.54. The molecule has 0 aliphatic heterocycles. The second kappa shape index (κ2) is 16.2. The molecule has 1 N–H and O–H groups in total. The van der Waals surface area contributed by atoms with Crippen molar-refractivity contribution in [2.24, 2.45) is 0 Å². The van der Waals surface area contributed by atoms with E-state index in [1.807, 2.05) is 0 Å². The molecule has 6 nitrogen and oxygen atoms in total. The molecule has 0 spiro atoms. The lowest BCUT2D eigenvalue weighted by Crippen LogP contribution is -3.00. The van der Waals surface area contributed by atoms with Crippen LogP contribution in [0, 0.1) is 0 Å². The van der Waals surface area contributed by atoms with Crippen molar-refractivity contribution in [2.75, 3.05) is 34.9 Å². The van der Waals surface area contributed by atoms with Gasteiger partial charge in [-0.3, -0.25) is 9.59 Å². The Hall–Kier alpha value is -2.38. The minimum absolute atomic E-state index is 0. The molecule has 0 unspecified atom stereocenters. The lowest BCUT2D eigenvalue weighted by atomic mass is 9.82. The highest BCUT2D eigenvalue weighted by molar-refractivity contribution is 6.30. The Kier molecular flexibility index (Phi) is 13.7. The number of carbonyl (C=O) groups is 2. The van der Waals surface area contributed by atoms with Gasteiger partial charge >= 0.3 is 0 Å². The summed E-state index contributed by atoms with van der Waals surface area (Å²) in [6, 6.07) is 6.55. The van der Waals surface area contributed by atoms with Crippen LogP contribution in [-0.2, 0) is 6.54 Å². The standard InChI is InChI=1S/C33H47NO5.BrH/c1-6-7-8-9-10-11-12-13-14-15-16-17-18-34(2,3)23-24-19-26-30(28(35)20-24)33(37)31-27(32(26)36)21-25(38-4)22-29(31)39-5;/h19-22H,6-18,23H2,1-5H3;1H.